The summed E-state index contributed by atoms with van der Waals surface area (Å²) in [7, 11) is 1.61. The lowest BCUT2D eigenvalue weighted by Crippen LogP contribution is -2.05. The molecule has 0 saturated heterocycles. The van der Waals surface area contributed by atoms with E-state index in [0.29, 0.717) is 13.0 Å². The Morgan fingerprint density at radius 1 is 1.54 bits per heavy atom. The summed E-state index contributed by atoms with van der Waals surface area (Å²) in [5.41, 5.74) is 0. The molecule has 1 aromatic heterocycles. The number of hydrogen-bond donors (Lipinski definition) is 0. The maximum Gasteiger partial charge on any atom is 0.311 e. The van der Waals surface area contributed by atoms with E-state index >= 15 is 0 Å². The largest absolute Gasteiger partial charge is 0.487 e. The van der Waals surface area contributed by atoms with Crippen molar-refractivity contribution in [3.05, 3.63) is 17.0 Å². The van der Waals surface area contributed by atoms with Gasteiger partial charge in [-0.15, -0.1) is 11.3 Å². The first-order valence-corrected chi connectivity index (χ1v) is 4.86. The van der Waals surface area contributed by atoms with Crippen LogP contribution in [0, 0.1) is 0 Å². The van der Waals surface area contributed by atoms with Crippen LogP contribution in [0.5, 0.6) is 5.06 Å². The Kier molecular flexibility index (Phi) is 3.76. The molecule has 1 rings (SSSR count). The molecule has 0 aliphatic carbocycles. The lowest BCUT2D eigenvalue weighted by atomic mass is 10.3. The van der Waals surface area contributed by atoms with E-state index in [2.05, 4.69) is 0 Å². The Balaban J connectivity index is 2.49. The van der Waals surface area contributed by atoms with Crippen LogP contribution in [0.15, 0.2) is 12.1 Å². The molecule has 0 radical (unpaired) electrons. The van der Waals surface area contributed by atoms with Gasteiger partial charge in [0.1, 0.15) is 0 Å². The highest BCUT2D eigenvalue weighted by Gasteiger charge is 2.06. The molecule has 0 atom stereocenters. The molecule has 0 N–H and O–H groups in total. The van der Waals surface area contributed by atoms with E-state index < -0.39 is 0 Å². The van der Waals surface area contributed by atoms with Crippen molar-refractivity contribution in [2.24, 2.45) is 0 Å². The molecule has 0 saturated carbocycles. The van der Waals surface area contributed by atoms with Crippen LogP contribution in [0.25, 0.3) is 0 Å². The Labute approximate surface area is 81.3 Å². The normalized spacial score (nSPS) is 9.69. The Morgan fingerprint density at radius 2 is 2.31 bits per heavy atom. The van der Waals surface area contributed by atoms with E-state index in [9.17, 15) is 4.79 Å². The molecule has 0 aromatic carbocycles. The van der Waals surface area contributed by atoms with E-state index in [-0.39, 0.29) is 5.97 Å². The highest BCUT2D eigenvalue weighted by atomic mass is 32.1. The summed E-state index contributed by atoms with van der Waals surface area (Å²) in [5.74, 6) is -0.188. The van der Waals surface area contributed by atoms with Gasteiger partial charge in [0.25, 0.3) is 0 Å². The molecular weight excluding hydrogens is 188 g/mol. The minimum Gasteiger partial charge on any atom is -0.487 e. The highest BCUT2D eigenvalue weighted by molar-refractivity contribution is 7.13. The van der Waals surface area contributed by atoms with Crippen molar-refractivity contribution in [1.29, 1.82) is 0 Å². The van der Waals surface area contributed by atoms with Gasteiger partial charge in [0.05, 0.1) is 20.1 Å². The fraction of sp³-hybridized carbons (Fsp3) is 0.444. The number of esters is 1. The van der Waals surface area contributed by atoms with Crippen LogP contribution in [0.2, 0.25) is 0 Å². The van der Waals surface area contributed by atoms with Gasteiger partial charge in [-0.2, -0.15) is 0 Å². The fourth-order valence-corrected chi connectivity index (χ4v) is 1.72. The molecule has 0 aliphatic rings. The third kappa shape index (κ3) is 3.06. The molecule has 0 amide bonds. The van der Waals surface area contributed by atoms with Crippen molar-refractivity contribution in [3.63, 3.8) is 0 Å². The SMILES string of the molecule is CCOC(=O)Cc1ccc(OC)s1. The number of ether oxygens (including phenoxy) is 2. The molecule has 0 unspecified atom stereocenters. The van der Waals surface area contributed by atoms with Crippen LogP contribution in [0.1, 0.15) is 11.8 Å². The van der Waals surface area contributed by atoms with Gasteiger partial charge in [-0.05, 0) is 19.1 Å². The first-order chi connectivity index (χ1) is 6.26. The van der Waals surface area contributed by atoms with E-state index in [4.69, 9.17) is 9.47 Å². The van der Waals surface area contributed by atoms with Crippen molar-refractivity contribution in [2.45, 2.75) is 13.3 Å². The molecule has 13 heavy (non-hydrogen) atoms. The molecule has 0 spiro atoms. The molecule has 4 heteroatoms. The molecule has 0 aliphatic heterocycles. The first kappa shape index (κ1) is 10.1. The zero-order valence-electron chi connectivity index (χ0n) is 7.70. The monoisotopic (exact) mass is 200 g/mol. The zero-order valence-corrected chi connectivity index (χ0v) is 8.52. The Bertz CT molecular complexity index is 280. The molecule has 1 aromatic rings. The second kappa shape index (κ2) is 4.87. The molecule has 0 bridgehead atoms. The summed E-state index contributed by atoms with van der Waals surface area (Å²) in [6.45, 7) is 2.23. The van der Waals surface area contributed by atoms with Crippen LogP contribution in [0.3, 0.4) is 0 Å². The van der Waals surface area contributed by atoms with Crippen LogP contribution in [-0.4, -0.2) is 19.7 Å². The smallest absolute Gasteiger partial charge is 0.311 e. The number of hydrogen-bond acceptors (Lipinski definition) is 4. The van der Waals surface area contributed by atoms with Crippen molar-refractivity contribution in [2.75, 3.05) is 13.7 Å². The lowest BCUT2D eigenvalue weighted by molar-refractivity contribution is -0.142. The van der Waals surface area contributed by atoms with Gasteiger partial charge in [-0.1, -0.05) is 0 Å². The number of methoxy groups -OCH3 is 1. The van der Waals surface area contributed by atoms with Crippen LogP contribution in [0.4, 0.5) is 0 Å². The van der Waals surface area contributed by atoms with Crippen molar-refractivity contribution in [1.82, 2.24) is 0 Å². The van der Waals surface area contributed by atoms with Gasteiger partial charge >= 0.3 is 5.97 Å². The molecule has 72 valence electrons. The average molecular weight is 200 g/mol. The van der Waals surface area contributed by atoms with Gasteiger partial charge in [0.15, 0.2) is 5.06 Å². The summed E-state index contributed by atoms with van der Waals surface area (Å²) in [6, 6.07) is 3.72. The van der Waals surface area contributed by atoms with E-state index in [1.807, 2.05) is 12.1 Å². The molecular formula is C9H12O3S. The van der Waals surface area contributed by atoms with E-state index in [1.165, 1.54) is 11.3 Å². The second-order valence-electron chi connectivity index (χ2n) is 2.41. The first-order valence-electron chi connectivity index (χ1n) is 4.04. The Hall–Kier alpha value is -1.03. The quantitative estimate of drug-likeness (QED) is 0.696. The van der Waals surface area contributed by atoms with Gasteiger partial charge in [-0.25, -0.2) is 0 Å². The Morgan fingerprint density at radius 3 is 2.85 bits per heavy atom. The highest BCUT2D eigenvalue weighted by Crippen LogP contribution is 2.24. The predicted molar refractivity (Wildman–Crippen MR) is 51.2 cm³/mol. The summed E-state index contributed by atoms with van der Waals surface area (Å²) < 4.78 is 9.82. The summed E-state index contributed by atoms with van der Waals surface area (Å²) in [5, 5.41) is 0.819. The molecule has 0 fully saturated rings. The number of carbonyl (C=O) groups is 1. The maximum atomic E-state index is 11.1. The van der Waals surface area contributed by atoms with Crippen LogP contribution >= 0.6 is 11.3 Å². The van der Waals surface area contributed by atoms with Crippen molar-refractivity contribution < 1.29 is 14.3 Å². The zero-order chi connectivity index (χ0) is 9.68. The van der Waals surface area contributed by atoms with Gasteiger partial charge in [0, 0.05) is 4.88 Å². The standard InChI is InChI=1S/C9H12O3S/c1-3-12-8(10)6-7-4-5-9(11-2)13-7/h4-5H,3,6H2,1-2H3. The van der Waals surface area contributed by atoms with Crippen molar-refractivity contribution in [3.8, 4) is 5.06 Å². The van der Waals surface area contributed by atoms with Gasteiger partial charge in [-0.3, -0.25) is 4.79 Å². The average Bonchev–Trinajstić information content (AvgIpc) is 2.52. The number of carbonyl (C=O) groups excluding carboxylic acids is 1. The topological polar surface area (TPSA) is 35.5 Å². The number of thiophene rings is 1. The third-order valence-corrected chi connectivity index (χ3v) is 2.51. The number of rotatable bonds is 4. The minimum absolute atomic E-state index is 0.188. The van der Waals surface area contributed by atoms with Crippen LogP contribution < -0.4 is 4.74 Å². The lowest BCUT2D eigenvalue weighted by Gasteiger charge is -1.98. The maximum absolute atomic E-state index is 11.1. The summed E-state index contributed by atoms with van der Waals surface area (Å²) >= 11 is 1.46. The summed E-state index contributed by atoms with van der Waals surface area (Å²) in [4.78, 5) is 12.0. The van der Waals surface area contributed by atoms with E-state index in [1.54, 1.807) is 14.0 Å². The van der Waals surface area contributed by atoms with Crippen molar-refractivity contribution >= 4 is 17.3 Å². The predicted octanol–water partition coefficient (Wildman–Crippen LogP) is 1.86. The minimum atomic E-state index is -0.188. The van der Waals surface area contributed by atoms with Gasteiger partial charge < -0.3 is 9.47 Å². The molecule has 3 nitrogen and oxygen atoms in total. The third-order valence-electron chi connectivity index (χ3n) is 1.46. The van der Waals surface area contributed by atoms with Gasteiger partial charge in [0.2, 0.25) is 0 Å². The van der Waals surface area contributed by atoms with Crippen LogP contribution in [-0.2, 0) is 16.0 Å². The van der Waals surface area contributed by atoms with E-state index in [0.717, 1.165) is 9.94 Å². The molecule has 1 heterocycles. The summed E-state index contributed by atoms with van der Waals surface area (Å²) in [6.07, 6.45) is 0.335. The second-order valence-corrected chi connectivity index (χ2v) is 3.54. The fourth-order valence-electron chi connectivity index (χ4n) is 0.917.